The normalized spacial score (nSPS) is 25.5. The standard InChI is InChI=1S/C6H9NO4/c1-3(5(8)9)4-2-11-6(10)7-4/h3-4H,2H2,1H3,(H,7,10)(H,8,9)/t3?,4-/m1/s1. The number of cyclic esters (lactones) is 1. The second-order valence-electron chi connectivity index (χ2n) is 2.48. The summed E-state index contributed by atoms with van der Waals surface area (Å²) in [5.41, 5.74) is 0. The molecule has 5 heteroatoms. The van der Waals surface area contributed by atoms with Crippen LogP contribution in [0.2, 0.25) is 0 Å². The average Bonchev–Trinajstić information content (AvgIpc) is 2.34. The summed E-state index contributed by atoms with van der Waals surface area (Å²) in [6.07, 6.45) is -0.539. The summed E-state index contributed by atoms with van der Waals surface area (Å²) < 4.78 is 4.52. The zero-order chi connectivity index (χ0) is 8.43. The van der Waals surface area contributed by atoms with Crippen LogP contribution in [0, 0.1) is 5.92 Å². The van der Waals surface area contributed by atoms with Gasteiger partial charge in [-0.1, -0.05) is 0 Å². The van der Waals surface area contributed by atoms with Crippen LogP contribution in [0.25, 0.3) is 0 Å². The lowest BCUT2D eigenvalue weighted by atomic mass is 10.0. The summed E-state index contributed by atoms with van der Waals surface area (Å²) in [4.78, 5) is 20.8. The first kappa shape index (κ1) is 7.84. The molecule has 1 aliphatic rings. The van der Waals surface area contributed by atoms with Crippen LogP contribution in [0.4, 0.5) is 4.79 Å². The Morgan fingerprint density at radius 1 is 1.91 bits per heavy atom. The number of ether oxygens (including phenoxy) is 1. The molecule has 1 heterocycles. The van der Waals surface area contributed by atoms with Crippen LogP contribution in [0.1, 0.15) is 6.92 Å². The Balaban J connectivity index is 2.49. The van der Waals surface area contributed by atoms with Gasteiger partial charge >= 0.3 is 12.1 Å². The van der Waals surface area contributed by atoms with Crippen LogP contribution < -0.4 is 5.32 Å². The summed E-state index contributed by atoms with van der Waals surface area (Å²) in [5.74, 6) is -1.53. The fourth-order valence-corrected chi connectivity index (χ4v) is 0.842. The third-order valence-corrected chi connectivity index (χ3v) is 1.69. The molecule has 0 bridgehead atoms. The van der Waals surface area contributed by atoms with Gasteiger partial charge in [0.15, 0.2) is 0 Å². The van der Waals surface area contributed by atoms with Crippen molar-refractivity contribution in [3.8, 4) is 0 Å². The predicted molar refractivity (Wildman–Crippen MR) is 35.1 cm³/mol. The molecule has 1 aliphatic heterocycles. The molecular weight excluding hydrogens is 150 g/mol. The van der Waals surface area contributed by atoms with Crippen LogP contribution in [0.15, 0.2) is 0 Å². The highest BCUT2D eigenvalue weighted by atomic mass is 16.6. The van der Waals surface area contributed by atoms with E-state index in [1.807, 2.05) is 0 Å². The second kappa shape index (κ2) is 2.77. The number of carbonyl (C=O) groups excluding carboxylic acids is 1. The van der Waals surface area contributed by atoms with Gasteiger partial charge in [0.05, 0.1) is 12.0 Å². The number of carboxylic acids is 1. The monoisotopic (exact) mass is 159 g/mol. The van der Waals surface area contributed by atoms with Gasteiger partial charge in [-0.15, -0.1) is 0 Å². The van der Waals surface area contributed by atoms with Crippen molar-refractivity contribution in [1.29, 1.82) is 0 Å². The highest BCUT2D eigenvalue weighted by Crippen LogP contribution is 2.08. The van der Waals surface area contributed by atoms with E-state index in [2.05, 4.69) is 10.1 Å². The molecule has 1 unspecified atom stereocenters. The Morgan fingerprint density at radius 2 is 2.55 bits per heavy atom. The van der Waals surface area contributed by atoms with Crippen molar-refractivity contribution in [2.45, 2.75) is 13.0 Å². The lowest BCUT2D eigenvalue weighted by Gasteiger charge is -2.10. The van der Waals surface area contributed by atoms with Crippen LogP contribution >= 0.6 is 0 Å². The average molecular weight is 159 g/mol. The Bertz CT molecular complexity index is 191. The number of hydrogen-bond donors (Lipinski definition) is 2. The van der Waals surface area contributed by atoms with Gasteiger partial charge in [0.25, 0.3) is 0 Å². The molecule has 1 rings (SSSR count). The van der Waals surface area contributed by atoms with Crippen molar-refractivity contribution in [2.75, 3.05) is 6.61 Å². The zero-order valence-electron chi connectivity index (χ0n) is 6.03. The van der Waals surface area contributed by atoms with Gasteiger partial charge in [0.1, 0.15) is 6.61 Å². The van der Waals surface area contributed by atoms with Crippen molar-refractivity contribution in [3.05, 3.63) is 0 Å². The summed E-state index contributed by atoms with van der Waals surface area (Å²) in [6, 6.07) is -0.389. The minimum absolute atomic E-state index is 0.145. The van der Waals surface area contributed by atoms with Gasteiger partial charge in [-0.25, -0.2) is 4.79 Å². The molecule has 0 aromatic rings. The molecule has 1 saturated heterocycles. The van der Waals surface area contributed by atoms with Crippen LogP contribution in [-0.4, -0.2) is 29.8 Å². The largest absolute Gasteiger partial charge is 0.481 e. The maximum absolute atomic E-state index is 10.5. The van der Waals surface area contributed by atoms with Gasteiger partial charge in [-0.3, -0.25) is 4.79 Å². The van der Waals surface area contributed by atoms with E-state index in [0.717, 1.165) is 0 Å². The summed E-state index contributed by atoms with van der Waals surface area (Å²) in [6.45, 7) is 1.67. The Hall–Kier alpha value is -1.26. The first-order chi connectivity index (χ1) is 5.11. The van der Waals surface area contributed by atoms with E-state index in [0.29, 0.717) is 0 Å². The number of hydrogen-bond acceptors (Lipinski definition) is 3. The van der Waals surface area contributed by atoms with Crippen LogP contribution in [-0.2, 0) is 9.53 Å². The van der Waals surface area contributed by atoms with E-state index in [4.69, 9.17) is 5.11 Å². The molecule has 62 valence electrons. The van der Waals surface area contributed by atoms with E-state index in [1.165, 1.54) is 6.92 Å². The Morgan fingerprint density at radius 3 is 2.91 bits per heavy atom. The number of amides is 1. The van der Waals surface area contributed by atoms with Gasteiger partial charge < -0.3 is 15.2 Å². The van der Waals surface area contributed by atoms with E-state index in [1.54, 1.807) is 0 Å². The van der Waals surface area contributed by atoms with Gasteiger partial charge in [-0.2, -0.15) is 0 Å². The molecule has 0 saturated carbocycles. The topological polar surface area (TPSA) is 75.6 Å². The van der Waals surface area contributed by atoms with Crippen molar-refractivity contribution < 1.29 is 19.4 Å². The van der Waals surface area contributed by atoms with E-state index in [9.17, 15) is 9.59 Å². The van der Waals surface area contributed by atoms with Crippen molar-refractivity contribution in [3.63, 3.8) is 0 Å². The molecule has 0 spiro atoms. The maximum atomic E-state index is 10.5. The number of carbonyl (C=O) groups is 2. The van der Waals surface area contributed by atoms with Crippen molar-refractivity contribution >= 4 is 12.1 Å². The smallest absolute Gasteiger partial charge is 0.407 e. The van der Waals surface area contributed by atoms with E-state index >= 15 is 0 Å². The predicted octanol–water partition coefficient (Wildman–Crippen LogP) is -0.185. The van der Waals surface area contributed by atoms with Gasteiger partial charge in [0.2, 0.25) is 0 Å². The molecule has 2 atom stereocenters. The molecule has 2 N–H and O–H groups in total. The third-order valence-electron chi connectivity index (χ3n) is 1.69. The fraction of sp³-hybridized carbons (Fsp3) is 0.667. The molecule has 1 amide bonds. The molecule has 0 aromatic heterocycles. The lowest BCUT2D eigenvalue weighted by molar-refractivity contribution is -0.142. The van der Waals surface area contributed by atoms with Crippen LogP contribution in [0.3, 0.4) is 0 Å². The lowest BCUT2D eigenvalue weighted by Crippen LogP contribution is -2.36. The molecule has 1 fully saturated rings. The molecular formula is C6H9NO4. The van der Waals surface area contributed by atoms with Crippen LogP contribution in [0.5, 0.6) is 0 Å². The number of alkyl carbamates (subject to hydrolysis) is 1. The number of carboxylic acid groups (broad SMARTS) is 1. The minimum Gasteiger partial charge on any atom is -0.481 e. The number of aliphatic carboxylic acids is 1. The second-order valence-corrected chi connectivity index (χ2v) is 2.48. The third kappa shape index (κ3) is 1.60. The molecule has 5 nitrogen and oxygen atoms in total. The number of rotatable bonds is 2. The molecule has 0 radical (unpaired) electrons. The number of nitrogens with one attached hydrogen (secondary N) is 1. The fourth-order valence-electron chi connectivity index (χ4n) is 0.842. The first-order valence-electron chi connectivity index (χ1n) is 3.27. The van der Waals surface area contributed by atoms with Crippen molar-refractivity contribution in [1.82, 2.24) is 5.32 Å². The molecule has 11 heavy (non-hydrogen) atoms. The Labute approximate surface area is 63.3 Å². The highest BCUT2D eigenvalue weighted by molar-refractivity contribution is 5.74. The van der Waals surface area contributed by atoms with Gasteiger partial charge in [-0.05, 0) is 6.92 Å². The molecule has 0 aliphatic carbocycles. The quantitative estimate of drug-likeness (QED) is 0.585. The Kier molecular flexibility index (Phi) is 1.98. The molecule has 0 aromatic carbocycles. The summed E-state index contributed by atoms with van der Waals surface area (Å²) in [5, 5.41) is 10.9. The van der Waals surface area contributed by atoms with E-state index in [-0.39, 0.29) is 12.6 Å². The maximum Gasteiger partial charge on any atom is 0.407 e. The summed E-state index contributed by atoms with van der Waals surface area (Å²) in [7, 11) is 0. The van der Waals surface area contributed by atoms with Crippen molar-refractivity contribution in [2.24, 2.45) is 5.92 Å². The summed E-state index contributed by atoms with van der Waals surface area (Å²) >= 11 is 0. The van der Waals surface area contributed by atoms with E-state index < -0.39 is 18.0 Å². The SMILES string of the molecule is CC(C(=O)O)[C@H]1COC(=O)N1. The highest BCUT2D eigenvalue weighted by Gasteiger charge is 2.31. The first-order valence-corrected chi connectivity index (χ1v) is 3.27. The van der Waals surface area contributed by atoms with Gasteiger partial charge in [0, 0.05) is 0 Å². The minimum atomic E-state index is -0.930. The zero-order valence-corrected chi connectivity index (χ0v) is 6.03.